The molecule has 1 aromatic heterocycles. The Morgan fingerprint density at radius 1 is 1.03 bits per heavy atom. The number of nitrogens with zero attached hydrogens (tertiary/aromatic N) is 4. The van der Waals surface area contributed by atoms with Gasteiger partial charge in [-0.3, -0.25) is 14.6 Å². The van der Waals surface area contributed by atoms with Gasteiger partial charge in [-0.1, -0.05) is 35.9 Å². The minimum absolute atomic E-state index is 0.0311. The molecule has 0 bridgehead atoms. The lowest BCUT2D eigenvalue weighted by molar-refractivity contribution is -0.117. The first-order valence-corrected chi connectivity index (χ1v) is 11.1. The first-order valence-electron chi connectivity index (χ1n) is 11.1. The zero-order chi connectivity index (χ0) is 22.7. The third-order valence-electron chi connectivity index (χ3n) is 6.13. The summed E-state index contributed by atoms with van der Waals surface area (Å²) in [6, 6.07) is 14.1. The van der Waals surface area contributed by atoms with Crippen LogP contribution in [0.25, 0.3) is 11.5 Å². The summed E-state index contributed by atoms with van der Waals surface area (Å²) in [5.74, 6) is 1.21. The highest BCUT2D eigenvalue weighted by Crippen LogP contribution is 2.25. The van der Waals surface area contributed by atoms with Gasteiger partial charge < -0.3 is 9.73 Å². The number of anilines is 1. The molecule has 0 radical (unpaired) electrons. The third-order valence-corrected chi connectivity index (χ3v) is 6.13. The molecule has 32 heavy (non-hydrogen) atoms. The van der Waals surface area contributed by atoms with E-state index >= 15 is 0 Å². The fraction of sp³-hybridized carbons (Fsp3) is 0.400. The van der Waals surface area contributed by atoms with E-state index in [1.807, 2.05) is 63.2 Å². The number of hydrogen-bond donors (Lipinski definition) is 1. The molecule has 0 saturated carbocycles. The van der Waals surface area contributed by atoms with Crippen molar-refractivity contribution in [3.05, 3.63) is 65.0 Å². The summed E-state index contributed by atoms with van der Waals surface area (Å²) in [7, 11) is 0. The Labute approximate surface area is 189 Å². The topological polar surface area (TPSA) is 74.5 Å². The molecule has 0 spiro atoms. The van der Waals surface area contributed by atoms with E-state index in [0.717, 1.165) is 54.1 Å². The molecule has 7 nitrogen and oxygen atoms in total. The van der Waals surface area contributed by atoms with Crippen LogP contribution in [0.2, 0.25) is 0 Å². The molecular weight excluding hydrogens is 402 g/mol. The Bertz CT molecular complexity index is 1070. The van der Waals surface area contributed by atoms with Gasteiger partial charge in [-0.05, 0) is 51.0 Å². The fourth-order valence-electron chi connectivity index (χ4n) is 4.16. The van der Waals surface area contributed by atoms with Crippen molar-refractivity contribution in [1.29, 1.82) is 0 Å². The van der Waals surface area contributed by atoms with Gasteiger partial charge in [0.15, 0.2) is 0 Å². The van der Waals surface area contributed by atoms with E-state index in [4.69, 9.17) is 4.42 Å². The maximum Gasteiger partial charge on any atom is 0.247 e. The molecule has 1 saturated heterocycles. The SMILES string of the molecule is Cc1cccc(-c2nnc([C@H](C)N3CCN(CC(=O)Nc4c(C)cccc4C)CC3)o2)c1. The van der Waals surface area contributed by atoms with Crippen LogP contribution in [0.5, 0.6) is 0 Å². The molecule has 2 heterocycles. The number of nitrogens with one attached hydrogen (secondary N) is 1. The third kappa shape index (κ3) is 5.06. The summed E-state index contributed by atoms with van der Waals surface area (Å²) in [4.78, 5) is 17.1. The van der Waals surface area contributed by atoms with Crippen molar-refractivity contribution in [2.24, 2.45) is 0 Å². The molecule has 1 atom stereocenters. The average Bonchev–Trinajstić information content (AvgIpc) is 3.27. The highest BCUT2D eigenvalue weighted by molar-refractivity contribution is 5.93. The summed E-state index contributed by atoms with van der Waals surface area (Å²) >= 11 is 0. The number of aryl methyl sites for hydroxylation is 3. The van der Waals surface area contributed by atoms with Crippen LogP contribution < -0.4 is 5.32 Å². The second-order valence-corrected chi connectivity index (χ2v) is 8.62. The summed E-state index contributed by atoms with van der Waals surface area (Å²) < 4.78 is 5.98. The van der Waals surface area contributed by atoms with E-state index in [1.54, 1.807) is 0 Å². The zero-order valence-corrected chi connectivity index (χ0v) is 19.3. The molecule has 4 rings (SSSR count). The van der Waals surface area contributed by atoms with Crippen molar-refractivity contribution in [1.82, 2.24) is 20.0 Å². The van der Waals surface area contributed by atoms with Gasteiger partial charge in [0.2, 0.25) is 17.7 Å². The quantitative estimate of drug-likeness (QED) is 0.634. The molecule has 1 aliphatic heterocycles. The Hall–Kier alpha value is -3.03. The minimum atomic E-state index is 0.0311. The Kier molecular flexibility index (Phi) is 6.67. The van der Waals surface area contributed by atoms with Crippen LogP contribution in [0.1, 0.15) is 35.5 Å². The normalized spacial score (nSPS) is 16.1. The van der Waals surface area contributed by atoms with E-state index in [1.165, 1.54) is 0 Å². The summed E-state index contributed by atoms with van der Waals surface area (Å²) in [6.07, 6.45) is 0. The summed E-state index contributed by atoms with van der Waals surface area (Å²) in [6.45, 7) is 11.9. The maximum absolute atomic E-state index is 12.6. The van der Waals surface area contributed by atoms with Gasteiger partial charge in [0.1, 0.15) is 0 Å². The molecule has 0 aliphatic carbocycles. The molecule has 1 fully saturated rings. The summed E-state index contributed by atoms with van der Waals surface area (Å²) in [5, 5.41) is 11.6. The lowest BCUT2D eigenvalue weighted by atomic mass is 10.1. The van der Waals surface area contributed by atoms with Gasteiger partial charge in [-0.2, -0.15) is 0 Å². The van der Waals surface area contributed by atoms with Gasteiger partial charge in [0, 0.05) is 37.4 Å². The number of carbonyl (C=O) groups is 1. The number of benzene rings is 2. The Balaban J connectivity index is 1.30. The van der Waals surface area contributed by atoms with Crippen molar-refractivity contribution in [3.63, 3.8) is 0 Å². The van der Waals surface area contributed by atoms with Gasteiger partial charge in [-0.15, -0.1) is 10.2 Å². The van der Waals surface area contributed by atoms with E-state index in [0.29, 0.717) is 18.3 Å². The molecule has 1 aliphatic rings. The predicted molar refractivity (Wildman–Crippen MR) is 125 cm³/mol. The molecule has 7 heteroatoms. The zero-order valence-electron chi connectivity index (χ0n) is 19.3. The second-order valence-electron chi connectivity index (χ2n) is 8.62. The maximum atomic E-state index is 12.6. The number of carbonyl (C=O) groups excluding carboxylic acids is 1. The predicted octanol–water partition coefficient (Wildman–Crippen LogP) is 3.98. The van der Waals surface area contributed by atoms with Crippen molar-refractivity contribution < 1.29 is 9.21 Å². The van der Waals surface area contributed by atoms with Gasteiger partial charge >= 0.3 is 0 Å². The number of amides is 1. The number of rotatable bonds is 6. The molecule has 3 aromatic rings. The Morgan fingerprint density at radius 3 is 2.41 bits per heavy atom. The van der Waals surface area contributed by atoms with Gasteiger partial charge in [0.05, 0.1) is 12.6 Å². The molecule has 1 N–H and O–H groups in total. The highest BCUT2D eigenvalue weighted by Gasteiger charge is 2.26. The van der Waals surface area contributed by atoms with E-state index in [2.05, 4.69) is 32.2 Å². The van der Waals surface area contributed by atoms with Crippen LogP contribution in [0.4, 0.5) is 5.69 Å². The van der Waals surface area contributed by atoms with Crippen molar-refractivity contribution in [2.45, 2.75) is 33.7 Å². The molecular formula is C25H31N5O2. The van der Waals surface area contributed by atoms with Crippen molar-refractivity contribution in [2.75, 3.05) is 38.0 Å². The van der Waals surface area contributed by atoms with Crippen LogP contribution >= 0.6 is 0 Å². The van der Waals surface area contributed by atoms with Crippen LogP contribution in [0.3, 0.4) is 0 Å². The average molecular weight is 434 g/mol. The molecule has 2 aromatic carbocycles. The molecule has 1 amide bonds. The molecule has 168 valence electrons. The monoisotopic (exact) mass is 433 g/mol. The lowest BCUT2D eigenvalue weighted by Crippen LogP contribution is -2.49. The van der Waals surface area contributed by atoms with Crippen LogP contribution in [0.15, 0.2) is 46.9 Å². The lowest BCUT2D eigenvalue weighted by Gasteiger charge is -2.36. The standard InChI is InChI=1S/C25H31N5O2/c1-17-7-5-10-21(15-17)25-28-27-24(32-25)20(4)30-13-11-29(12-14-30)16-22(31)26-23-18(2)8-6-9-19(23)3/h5-10,15,20H,11-14,16H2,1-4H3,(H,26,31)/t20-/m0/s1. The van der Waals surface area contributed by atoms with Crippen LogP contribution in [0, 0.1) is 20.8 Å². The smallest absolute Gasteiger partial charge is 0.247 e. The Morgan fingerprint density at radius 2 is 1.72 bits per heavy atom. The molecule has 0 unspecified atom stereocenters. The van der Waals surface area contributed by atoms with Gasteiger partial charge in [0.25, 0.3) is 0 Å². The van der Waals surface area contributed by atoms with E-state index < -0.39 is 0 Å². The van der Waals surface area contributed by atoms with E-state index in [-0.39, 0.29) is 11.9 Å². The second kappa shape index (κ2) is 9.63. The van der Waals surface area contributed by atoms with Crippen molar-refractivity contribution >= 4 is 11.6 Å². The van der Waals surface area contributed by atoms with Crippen LogP contribution in [-0.2, 0) is 4.79 Å². The fourth-order valence-corrected chi connectivity index (χ4v) is 4.16. The number of hydrogen-bond acceptors (Lipinski definition) is 6. The number of aromatic nitrogens is 2. The minimum Gasteiger partial charge on any atom is -0.419 e. The first-order chi connectivity index (χ1) is 15.4. The summed E-state index contributed by atoms with van der Waals surface area (Å²) in [5.41, 5.74) is 5.19. The first kappa shape index (κ1) is 22.2. The highest BCUT2D eigenvalue weighted by atomic mass is 16.4. The van der Waals surface area contributed by atoms with Gasteiger partial charge in [-0.25, -0.2) is 0 Å². The number of piperazine rings is 1. The van der Waals surface area contributed by atoms with Crippen LogP contribution in [-0.4, -0.2) is 58.6 Å². The largest absolute Gasteiger partial charge is 0.419 e. The van der Waals surface area contributed by atoms with Crippen molar-refractivity contribution in [3.8, 4) is 11.5 Å². The van der Waals surface area contributed by atoms with E-state index in [9.17, 15) is 4.79 Å². The number of para-hydroxylation sites is 1.